The highest BCUT2D eigenvalue weighted by molar-refractivity contribution is 7.90. The van der Waals surface area contributed by atoms with Crippen molar-refractivity contribution in [3.63, 3.8) is 0 Å². The number of likely N-dealkylation sites (tertiary alicyclic amines) is 1. The Kier molecular flexibility index (Phi) is 7.54. The van der Waals surface area contributed by atoms with E-state index in [1.807, 2.05) is 0 Å². The molecule has 0 N–H and O–H groups in total. The summed E-state index contributed by atoms with van der Waals surface area (Å²) < 4.78 is 112. The number of hydrogen-bond acceptors (Lipinski definition) is 5. The van der Waals surface area contributed by atoms with Gasteiger partial charge in [0.05, 0.1) is 12.7 Å². The van der Waals surface area contributed by atoms with Crippen molar-refractivity contribution >= 4 is 15.7 Å². The third-order valence-electron chi connectivity index (χ3n) is 5.72. The zero-order valence-corrected chi connectivity index (χ0v) is 20.2. The summed E-state index contributed by atoms with van der Waals surface area (Å²) in [5.74, 6) is -1.82. The fourth-order valence-corrected chi connectivity index (χ4v) is 4.62. The first kappa shape index (κ1) is 27.6. The number of sulfone groups is 1. The zero-order valence-electron chi connectivity index (χ0n) is 19.4. The number of alkyl halides is 6. The van der Waals surface area contributed by atoms with E-state index in [-0.39, 0.29) is 23.9 Å². The van der Waals surface area contributed by atoms with E-state index in [9.17, 15) is 39.6 Å². The smallest absolute Gasteiger partial charge is 0.425 e. The summed E-state index contributed by atoms with van der Waals surface area (Å²) in [6.45, 7) is 1.05. The SMILES string of the molecule is COc1c(S(C)(=O)=O)ccc(O[C@H](C)C(F)(F)F)c1C(=O)N1CC(Cc2ccc(C(F)(F)F)cc2)C1. The van der Waals surface area contributed by atoms with Crippen molar-refractivity contribution in [2.75, 3.05) is 26.5 Å². The van der Waals surface area contributed by atoms with Crippen LogP contribution in [0.15, 0.2) is 41.3 Å². The Labute approximate surface area is 203 Å². The standard InChI is InChI=1S/C23H23F6NO5S/c1-13(22(24,25)26)35-17-8-9-18(36(3,32)33)20(34-2)19(17)21(31)30-11-15(12-30)10-14-4-6-16(7-5-14)23(27,28)29/h4-9,13,15H,10-12H2,1-3H3/t13-/m1/s1. The van der Waals surface area contributed by atoms with Crippen LogP contribution in [0.1, 0.15) is 28.4 Å². The van der Waals surface area contributed by atoms with E-state index in [1.165, 1.54) is 17.0 Å². The summed E-state index contributed by atoms with van der Waals surface area (Å²) in [6, 6.07) is 6.60. The van der Waals surface area contributed by atoms with E-state index < -0.39 is 56.8 Å². The van der Waals surface area contributed by atoms with Crippen LogP contribution in [0.3, 0.4) is 0 Å². The van der Waals surface area contributed by atoms with Gasteiger partial charge in [-0.2, -0.15) is 26.3 Å². The number of carbonyl (C=O) groups is 1. The fraction of sp³-hybridized carbons (Fsp3) is 0.435. The summed E-state index contributed by atoms with van der Waals surface area (Å²) in [7, 11) is -2.82. The van der Waals surface area contributed by atoms with E-state index in [2.05, 4.69) is 0 Å². The van der Waals surface area contributed by atoms with Gasteiger partial charge in [-0.1, -0.05) is 12.1 Å². The lowest BCUT2D eigenvalue weighted by Gasteiger charge is -2.40. The molecule has 6 nitrogen and oxygen atoms in total. The second-order valence-electron chi connectivity index (χ2n) is 8.52. The normalized spacial score (nSPS) is 15.9. The second kappa shape index (κ2) is 9.83. The van der Waals surface area contributed by atoms with E-state index in [4.69, 9.17) is 9.47 Å². The minimum atomic E-state index is -4.74. The molecular weight excluding hydrogens is 516 g/mol. The first-order valence-electron chi connectivity index (χ1n) is 10.6. The van der Waals surface area contributed by atoms with Crippen molar-refractivity contribution in [1.29, 1.82) is 0 Å². The molecule has 3 rings (SSSR count). The minimum Gasteiger partial charge on any atom is -0.494 e. The monoisotopic (exact) mass is 539 g/mol. The molecule has 1 fully saturated rings. The number of rotatable bonds is 7. The van der Waals surface area contributed by atoms with Crippen LogP contribution in [0.4, 0.5) is 26.3 Å². The number of hydrogen-bond donors (Lipinski definition) is 0. The molecule has 13 heteroatoms. The van der Waals surface area contributed by atoms with Gasteiger partial charge in [0.1, 0.15) is 16.2 Å². The average Bonchev–Trinajstić information content (AvgIpc) is 2.73. The Morgan fingerprint density at radius 3 is 2.11 bits per heavy atom. The first-order valence-corrected chi connectivity index (χ1v) is 12.5. The molecule has 0 unspecified atom stereocenters. The van der Waals surface area contributed by atoms with Crippen LogP contribution in [-0.4, -0.2) is 58.0 Å². The number of methoxy groups -OCH3 is 1. The van der Waals surface area contributed by atoms with E-state index in [0.29, 0.717) is 12.0 Å². The van der Waals surface area contributed by atoms with E-state index in [0.717, 1.165) is 44.6 Å². The molecule has 1 saturated heterocycles. The predicted octanol–water partition coefficient (Wildman–Crippen LogP) is 4.76. The minimum absolute atomic E-state index is 0.117. The molecule has 0 saturated carbocycles. The summed E-state index contributed by atoms with van der Waals surface area (Å²) in [4.78, 5) is 14.2. The quantitative estimate of drug-likeness (QED) is 0.475. The van der Waals surface area contributed by atoms with Gasteiger partial charge < -0.3 is 14.4 Å². The maximum Gasteiger partial charge on any atom is 0.425 e. The number of nitrogens with zero attached hydrogens (tertiary/aromatic N) is 1. The highest BCUT2D eigenvalue weighted by Crippen LogP contribution is 2.39. The van der Waals surface area contributed by atoms with Crippen LogP contribution >= 0.6 is 0 Å². The highest BCUT2D eigenvalue weighted by Gasteiger charge is 2.41. The lowest BCUT2D eigenvalue weighted by Crippen LogP contribution is -2.51. The third kappa shape index (κ3) is 6.05. The third-order valence-corrected chi connectivity index (χ3v) is 6.84. The molecule has 36 heavy (non-hydrogen) atoms. The fourth-order valence-electron chi connectivity index (χ4n) is 3.78. The number of ether oxygens (including phenoxy) is 2. The summed E-state index contributed by atoms with van der Waals surface area (Å²) in [5.41, 5.74) is -0.612. The highest BCUT2D eigenvalue weighted by atomic mass is 32.2. The van der Waals surface area contributed by atoms with Gasteiger partial charge in [-0.3, -0.25) is 4.79 Å². The van der Waals surface area contributed by atoms with Crippen molar-refractivity contribution < 1.29 is 49.0 Å². The van der Waals surface area contributed by atoms with Crippen molar-refractivity contribution in [2.24, 2.45) is 5.92 Å². The maximum absolute atomic E-state index is 13.3. The molecule has 0 radical (unpaired) electrons. The molecule has 1 aliphatic rings. The van der Waals surface area contributed by atoms with Crippen LogP contribution < -0.4 is 9.47 Å². The largest absolute Gasteiger partial charge is 0.494 e. The molecule has 0 spiro atoms. The van der Waals surface area contributed by atoms with Gasteiger partial charge >= 0.3 is 12.4 Å². The molecule has 1 amide bonds. The Hall–Kier alpha value is -2.96. The van der Waals surface area contributed by atoms with Crippen molar-refractivity contribution in [3.8, 4) is 11.5 Å². The Bertz CT molecular complexity index is 1220. The maximum atomic E-state index is 13.3. The summed E-state index contributed by atoms with van der Waals surface area (Å²) in [6.07, 6.45) is -10.3. The molecule has 0 aliphatic carbocycles. The number of benzene rings is 2. The van der Waals surface area contributed by atoms with Crippen LogP contribution in [0.5, 0.6) is 11.5 Å². The number of amides is 1. The number of carbonyl (C=O) groups excluding carboxylic acids is 1. The van der Waals surface area contributed by atoms with Crippen molar-refractivity contribution in [2.45, 2.75) is 36.7 Å². The van der Waals surface area contributed by atoms with Gasteiger partial charge in [0.25, 0.3) is 5.91 Å². The van der Waals surface area contributed by atoms with E-state index in [1.54, 1.807) is 0 Å². The van der Waals surface area contributed by atoms with Gasteiger partial charge in [0.2, 0.25) is 0 Å². The van der Waals surface area contributed by atoms with Gasteiger partial charge in [-0.15, -0.1) is 0 Å². The average molecular weight is 539 g/mol. The van der Waals surface area contributed by atoms with E-state index >= 15 is 0 Å². The zero-order chi connectivity index (χ0) is 27.1. The van der Waals surface area contributed by atoms with Crippen molar-refractivity contribution in [1.82, 2.24) is 4.90 Å². The molecule has 0 bridgehead atoms. The second-order valence-corrected chi connectivity index (χ2v) is 10.5. The van der Waals surface area contributed by atoms with Crippen molar-refractivity contribution in [3.05, 3.63) is 53.1 Å². The van der Waals surface area contributed by atoms with Crippen LogP contribution in [0.25, 0.3) is 0 Å². The molecule has 0 aromatic heterocycles. The summed E-state index contributed by atoms with van der Waals surface area (Å²) >= 11 is 0. The summed E-state index contributed by atoms with van der Waals surface area (Å²) in [5, 5.41) is 0. The molecule has 2 aromatic carbocycles. The first-order chi connectivity index (χ1) is 16.5. The van der Waals surface area contributed by atoms with Gasteiger partial charge in [-0.25, -0.2) is 8.42 Å². The van der Waals surface area contributed by atoms with Gasteiger partial charge in [-0.05, 0) is 49.1 Å². The molecule has 1 heterocycles. The van der Waals surface area contributed by atoms with Gasteiger partial charge in [0, 0.05) is 19.3 Å². The molecule has 2 aromatic rings. The molecule has 198 valence electrons. The van der Waals surface area contributed by atoms with Crippen LogP contribution in [0.2, 0.25) is 0 Å². The van der Waals surface area contributed by atoms with Crippen LogP contribution in [-0.2, 0) is 22.4 Å². The lowest BCUT2D eigenvalue weighted by molar-refractivity contribution is -0.189. The molecule has 1 atom stereocenters. The Morgan fingerprint density at radius 2 is 1.64 bits per heavy atom. The predicted molar refractivity (Wildman–Crippen MR) is 117 cm³/mol. The van der Waals surface area contributed by atoms with Gasteiger partial charge in [0.15, 0.2) is 21.7 Å². The molecular formula is C23H23F6NO5S. The lowest BCUT2D eigenvalue weighted by atomic mass is 9.91. The number of halogens is 6. The molecule has 1 aliphatic heterocycles. The topological polar surface area (TPSA) is 72.9 Å². The Balaban J connectivity index is 1.83. The van der Waals surface area contributed by atoms with Crippen LogP contribution in [0, 0.1) is 5.92 Å². The Morgan fingerprint density at radius 1 is 1.06 bits per heavy atom.